The molecular weight excluding hydrogens is 358 g/mol. The fourth-order valence-electron chi connectivity index (χ4n) is 4.69. The van der Waals surface area contributed by atoms with Crippen molar-refractivity contribution in [2.75, 3.05) is 19.9 Å². The number of carbonyl (C=O) groups excluding carboxylic acids is 1. The van der Waals surface area contributed by atoms with Crippen molar-refractivity contribution in [2.24, 2.45) is 11.8 Å². The Morgan fingerprint density at radius 3 is 2.86 bits per heavy atom. The van der Waals surface area contributed by atoms with Crippen LogP contribution < -0.4 is 14.8 Å². The van der Waals surface area contributed by atoms with E-state index in [0.717, 1.165) is 62.8 Å². The first-order chi connectivity index (χ1) is 13.7. The van der Waals surface area contributed by atoms with E-state index in [1.807, 2.05) is 10.6 Å². The molecule has 2 atom stereocenters. The van der Waals surface area contributed by atoms with Gasteiger partial charge in [0.25, 0.3) is 5.91 Å². The van der Waals surface area contributed by atoms with Gasteiger partial charge in [-0.1, -0.05) is 6.07 Å². The van der Waals surface area contributed by atoms with Crippen LogP contribution in [0.3, 0.4) is 0 Å². The van der Waals surface area contributed by atoms with Crippen molar-refractivity contribution in [2.45, 2.75) is 38.4 Å². The lowest BCUT2D eigenvalue weighted by Gasteiger charge is -2.25. The highest BCUT2D eigenvalue weighted by Crippen LogP contribution is 2.36. The van der Waals surface area contributed by atoms with E-state index in [1.165, 1.54) is 5.56 Å². The number of amides is 1. The Hall–Kier alpha value is -2.61. The topological polar surface area (TPSA) is 81.5 Å². The van der Waals surface area contributed by atoms with Crippen molar-refractivity contribution < 1.29 is 14.3 Å². The zero-order valence-electron chi connectivity index (χ0n) is 15.6. The molecule has 1 amide bonds. The second-order valence-corrected chi connectivity index (χ2v) is 8.40. The van der Waals surface area contributed by atoms with Crippen LogP contribution in [0.2, 0.25) is 0 Å². The molecule has 8 nitrogen and oxygen atoms in total. The van der Waals surface area contributed by atoms with Crippen LogP contribution in [0.25, 0.3) is 0 Å². The SMILES string of the molecule is O=C(NC1CC1)c1nnc2n1C[C@@H]1CN(Cc3ccc4c(c3)OCO4)C[C@@H]1C2. The summed E-state index contributed by atoms with van der Waals surface area (Å²) in [6, 6.07) is 6.53. The molecule has 6 rings (SSSR count). The third kappa shape index (κ3) is 2.83. The molecule has 0 spiro atoms. The van der Waals surface area contributed by atoms with Gasteiger partial charge in [0.2, 0.25) is 12.6 Å². The van der Waals surface area contributed by atoms with Gasteiger partial charge < -0.3 is 19.4 Å². The van der Waals surface area contributed by atoms with E-state index in [0.29, 0.717) is 30.5 Å². The Balaban J connectivity index is 1.15. The van der Waals surface area contributed by atoms with Crippen LogP contribution in [-0.2, 0) is 19.5 Å². The summed E-state index contributed by atoms with van der Waals surface area (Å²) in [4.78, 5) is 14.9. The first kappa shape index (κ1) is 16.4. The molecule has 4 heterocycles. The smallest absolute Gasteiger partial charge is 0.289 e. The molecule has 4 aliphatic rings. The van der Waals surface area contributed by atoms with Crippen LogP contribution in [-0.4, -0.2) is 51.5 Å². The van der Waals surface area contributed by atoms with Gasteiger partial charge in [-0.2, -0.15) is 0 Å². The lowest BCUT2D eigenvalue weighted by Crippen LogP contribution is -2.33. The molecule has 3 aliphatic heterocycles. The second kappa shape index (κ2) is 6.20. The number of rotatable bonds is 4. The molecule has 1 saturated heterocycles. The predicted molar refractivity (Wildman–Crippen MR) is 99.0 cm³/mol. The van der Waals surface area contributed by atoms with Crippen molar-refractivity contribution in [3.05, 3.63) is 35.4 Å². The minimum atomic E-state index is -0.0742. The van der Waals surface area contributed by atoms with Crippen LogP contribution >= 0.6 is 0 Å². The van der Waals surface area contributed by atoms with E-state index in [-0.39, 0.29) is 5.91 Å². The van der Waals surface area contributed by atoms with Crippen molar-refractivity contribution in [3.63, 3.8) is 0 Å². The predicted octanol–water partition coefficient (Wildman–Crippen LogP) is 1.20. The van der Waals surface area contributed by atoms with Crippen LogP contribution in [0.1, 0.15) is 34.8 Å². The highest BCUT2D eigenvalue weighted by molar-refractivity contribution is 5.91. The van der Waals surface area contributed by atoms with Gasteiger partial charge in [0, 0.05) is 38.6 Å². The molecule has 1 N–H and O–H groups in total. The number of fused-ring (bicyclic) bond motifs is 3. The van der Waals surface area contributed by atoms with Gasteiger partial charge in [0.05, 0.1) is 0 Å². The van der Waals surface area contributed by atoms with Crippen LogP contribution in [0.5, 0.6) is 11.5 Å². The van der Waals surface area contributed by atoms with Crippen molar-refractivity contribution in [1.82, 2.24) is 25.0 Å². The van der Waals surface area contributed by atoms with Crippen LogP contribution in [0.15, 0.2) is 18.2 Å². The van der Waals surface area contributed by atoms with Gasteiger partial charge in [0.15, 0.2) is 11.5 Å². The van der Waals surface area contributed by atoms with Gasteiger partial charge in [-0.15, -0.1) is 10.2 Å². The molecular formula is C20H23N5O3. The average Bonchev–Trinajstić information content (AvgIpc) is 3.07. The highest BCUT2D eigenvalue weighted by atomic mass is 16.7. The molecule has 0 unspecified atom stereocenters. The number of benzene rings is 1. The number of likely N-dealkylation sites (tertiary alicyclic amines) is 1. The molecule has 8 heteroatoms. The molecule has 2 fully saturated rings. The van der Waals surface area contributed by atoms with Crippen LogP contribution in [0.4, 0.5) is 0 Å². The van der Waals surface area contributed by atoms with Gasteiger partial charge in [-0.3, -0.25) is 9.69 Å². The molecule has 1 aliphatic carbocycles. The van der Waals surface area contributed by atoms with Gasteiger partial charge >= 0.3 is 0 Å². The Labute approximate surface area is 162 Å². The number of ether oxygens (including phenoxy) is 2. The summed E-state index contributed by atoms with van der Waals surface area (Å²) in [5, 5.41) is 11.5. The number of hydrogen-bond acceptors (Lipinski definition) is 6. The van der Waals surface area contributed by atoms with Crippen molar-refractivity contribution in [1.29, 1.82) is 0 Å². The lowest BCUT2D eigenvalue weighted by atomic mass is 9.89. The van der Waals surface area contributed by atoms with Crippen LogP contribution in [0, 0.1) is 11.8 Å². The third-order valence-electron chi connectivity index (χ3n) is 6.30. The number of aromatic nitrogens is 3. The average molecular weight is 381 g/mol. The molecule has 2 aromatic rings. The number of nitrogens with one attached hydrogen (secondary N) is 1. The Morgan fingerprint density at radius 1 is 1.11 bits per heavy atom. The standard InChI is InChI=1S/C20H23N5O3/c26-20(21-15-2-3-15)19-23-22-18-6-13-8-24(9-14(13)10-25(18)19)7-12-1-4-16-17(5-12)28-11-27-16/h1,4-5,13-15H,2-3,6-11H2,(H,21,26)/t13-,14-/m0/s1. The largest absolute Gasteiger partial charge is 0.454 e. The summed E-state index contributed by atoms with van der Waals surface area (Å²) < 4.78 is 12.9. The molecule has 1 saturated carbocycles. The molecule has 28 heavy (non-hydrogen) atoms. The van der Waals surface area contributed by atoms with Crippen molar-refractivity contribution >= 4 is 5.91 Å². The van der Waals surface area contributed by atoms with Gasteiger partial charge in [-0.05, 0) is 42.4 Å². The first-order valence-corrected chi connectivity index (χ1v) is 10.1. The van der Waals surface area contributed by atoms with E-state index >= 15 is 0 Å². The summed E-state index contributed by atoms with van der Waals surface area (Å²) >= 11 is 0. The van der Waals surface area contributed by atoms with E-state index < -0.39 is 0 Å². The number of hydrogen-bond donors (Lipinski definition) is 1. The second-order valence-electron chi connectivity index (χ2n) is 8.40. The maximum Gasteiger partial charge on any atom is 0.289 e. The monoisotopic (exact) mass is 381 g/mol. The molecule has 1 aromatic carbocycles. The van der Waals surface area contributed by atoms with E-state index in [2.05, 4.69) is 32.5 Å². The summed E-state index contributed by atoms with van der Waals surface area (Å²) in [7, 11) is 0. The summed E-state index contributed by atoms with van der Waals surface area (Å²) in [6.07, 6.45) is 3.05. The molecule has 1 aromatic heterocycles. The van der Waals surface area contributed by atoms with Crippen molar-refractivity contribution in [3.8, 4) is 11.5 Å². The zero-order chi connectivity index (χ0) is 18.7. The van der Waals surface area contributed by atoms with E-state index in [4.69, 9.17) is 9.47 Å². The minimum Gasteiger partial charge on any atom is -0.454 e. The minimum absolute atomic E-state index is 0.0742. The fraction of sp³-hybridized carbons (Fsp3) is 0.550. The Bertz CT molecular complexity index is 938. The molecule has 0 bridgehead atoms. The van der Waals surface area contributed by atoms with E-state index in [9.17, 15) is 4.79 Å². The fourth-order valence-corrected chi connectivity index (χ4v) is 4.69. The van der Waals surface area contributed by atoms with Gasteiger partial charge in [-0.25, -0.2) is 0 Å². The van der Waals surface area contributed by atoms with E-state index in [1.54, 1.807) is 0 Å². The summed E-state index contributed by atoms with van der Waals surface area (Å²) in [5.74, 6) is 4.13. The Kier molecular flexibility index (Phi) is 3.62. The highest BCUT2D eigenvalue weighted by Gasteiger charge is 2.39. The number of carbonyl (C=O) groups is 1. The maximum absolute atomic E-state index is 12.5. The Morgan fingerprint density at radius 2 is 1.96 bits per heavy atom. The molecule has 0 radical (unpaired) electrons. The normalized spacial score (nSPS) is 25.4. The third-order valence-corrected chi connectivity index (χ3v) is 6.30. The summed E-state index contributed by atoms with van der Waals surface area (Å²) in [6.45, 7) is 4.12. The number of nitrogens with zero attached hydrogens (tertiary/aromatic N) is 4. The molecule has 146 valence electrons. The zero-order valence-corrected chi connectivity index (χ0v) is 15.6. The lowest BCUT2D eigenvalue weighted by molar-refractivity contribution is 0.0932. The first-order valence-electron chi connectivity index (χ1n) is 10.1. The quantitative estimate of drug-likeness (QED) is 0.857. The maximum atomic E-state index is 12.5. The summed E-state index contributed by atoms with van der Waals surface area (Å²) in [5.41, 5.74) is 1.24. The van der Waals surface area contributed by atoms with Gasteiger partial charge in [0.1, 0.15) is 5.82 Å².